The molecule has 142 valence electrons. The minimum atomic E-state index is -0.645. The van der Waals surface area contributed by atoms with Crippen LogP contribution in [0.25, 0.3) is 0 Å². The Bertz CT molecular complexity index is 886. The molecule has 5 nitrogen and oxygen atoms in total. The Kier molecular flexibility index (Phi) is 5.48. The predicted molar refractivity (Wildman–Crippen MR) is 98.6 cm³/mol. The van der Waals surface area contributed by atoms with E-state index in [0.717, 1.165) is 18.4 Å². The minimum absolute atomic E-state index is 0.0222. The highest BCUT2D eigenvalue weighted by molar-refractivity contribution is 5.71. The van der Waals surface area contributed by atoms with Gasteiger partial charge in [0.25, 0.3) is 0 Å². The van der Waals surface area contributed by atoms with Crippen molar-refractivity contribution >= 4 is 6.29 Å². The van der Waals surface area contributed by atoms with Gasteiger partial charge in [0.2, 0.25) is 0 Å². The van der Waals surface area contributed by atoms with Crippen LogP contribution in [0.1, 0.15) is 54.8 Å². The van der Waals surface area contributed by atoms with Gasteiger partial charge in [-0.2, -0.15) is 0 Å². The monoisotopic (exact) mass is 372 g/mol. The molecular weight excluding hydrogens is 350 g/mol. The lowest BCUT2D eigenvalue weighted by molar-refractivity contribution is 0.111. The summed E-state index contributed by atoms with van der Waals surface area (Å²) >= 11 is 0. The van der Waals surface area contributed by atoms with E-state index in [1.165, 1.54) is 18.3 Å². The number of hydrogen-bond donors (Lipinski definition) is 2. The number of halogens is 2. The Labute approximate surface area is 156 Å². The minimum Gasteiger partial charge on any atom is -0.401 e. The van der Waals surface area contributed by atoms with Crippen molar-refractivity contribution in [2.75, 3.05) is 0 Å². The Hall–Kier alpha value is -2.83. The first-order valence-corrected chi connectivity index (χ1v) is 8.92. The van der Waals surface area contributed by atoms with Gasteiger partial charge in [-0.1, -0.05) is 6.92 Å². The molecule has 4 N–H and O–H groups in total. The molecule has 7 heteroatoms. The lowest BCUT2D eigenvalue weighted by Crippen LogP contribution is -2.24. The molecule has 0 aromatic carbocycles. The van der Waals surface area contributed by atoms with Crippen molar-refractivity contribution in [2.24, 2.45) is 17.4 Å². The van der Waals surface area contributed by atoms with Gasteiger partial charge < -0.3 is 11.5 Å². The molecule has 0 saturated carbocycles. The molecule has 0 radical (unpaired) electrons. The number of carbonyl (C=O) groups is 1. The molecule has 0 saturated heterocycles. The van der Waals surface area contributed by atoms with Crippen LogP contribution in [0.15, 0.2) is 58.6 Å². The van der Waals surface area contributed by atoms with Gasteiger partial charge in [-0.15, -0.1) is 0 Å². The number of hydrogen-bond acceptors (Lipinski definition) is 5. The molecule has 0 aliphatic heterocycles. The van der Waals surface area contributed by atoms with Gasteiger partial charge in [0.1, 0.15) is 23.2 Å². The zero-order chi connectivity index (χ0) is 19.6. The van der Waals surface area contributed by atoms with Crippen LogP contribution in [-0.4, -0.2) is 16.3 Å². The van der Waals surface area contributed by atoms with Crippen LogP contribution in [0, 0.1) is 5.92 Å². The normalized spacial score (nSPS) is 24.1. The van der Waals surface area contributed by atoms with Gasteiger partial charge in [-0.05, 0) is 49.0 Å². The molecule has 0 spiro atoms. The van der Waals surface area contributed by atoms with Crippen LogP contribution in [-0.2, 0) is 0 Å². The number of nitrogens with zero attached hydrogens (tertiary/aromatic N) is 2. The molecule has 1 aromatic heterocycles. The zero-order valence-electron chi connectivity index (χ0n) is 15.1. The fourth-order valence-electron chi connectivity index (χ4n) is 3.55. The third-order valence-corrected chi connectivity index (χ3v) is 5.05. The zero-order valence-corrected chi connectivity index (χ0v) is 15.1. The van der Waals surface area contributed by atoms with Gasteiger partial charge in [0.15, 0.2) is 6.29 Å². The smallest absolute Gasteiger partial charge is 0.168 e. The first kappa shape index (κ1) is 18.9. The van der Waals surface area contributed by atoms with E-state index < -0.39 is 11.7 Å². The van der Waals surface area contributed by atoms with E-state index in [-0.39, 0.29) is 35.2 Å². The Morgan fingerprint density at radius 3 is 2.81 bits per heavy atom. The molecule has 27 heavy (non-hydrogen) atoms. The van der Waals surface area contributed by atoms with Gasteiger partial charge in [0.05, 0.1) is 11.5 Å². The quantitative estimate of drug-likeness (QED) is 0.785. The van der Waals surface area contributed by atoms with Crippen molar-refractivity contribution in [3.8, 4) is 0 Å². The highest BCUT2D eigenvalue weighted by atomic mass is 19.1. The average Bonchev–Trinajstić information content (AvgIpc) is 2.65. The molecule has 0 amide bonds. The van der Waals surface area contributed by atoms with E-state index in [1.54, 1.807) is 6.08 Å². The SMILES string of the molecule is C[C@H]1CCC(c2nccc(C=O)n2)C(N)=C1/C=C(\N)C1=C(F)CCC=C1F. The fraction of sp³-hybridized carbons (Fsp3) is 0.350. The molecule has 2 atom stereocenters. The summed E-state index contributed by atoms with van der Waals surface area (Å²) in [7, 11) is 0. The van der Waals surface area contributed by atoms with Crippen molar-refractivity contribution in [3.63, 3.8) is 0 Å². The van der Waals surface area contributed by atoms with Crippen molar-refractivity contribution in [1.29, 1.82) is 0 Å². The number of aromatic nitrogens is 2. The van der Waals surface area contributed by atoms with E-state index in [4.69, 9.17) is 11.5 Å². The van der Waals surface area contributed by atoms with E-state index in [1.807, 2.05) is 6.92 Å². The van der Waals surface area contributed by atoms with Crippen LogP contribution >= 0.6 is 0 Å². The lowest BCUT2D eigenvalue weighted by atomic mass is 9.79. The topological polar surface area (TPSA) is 94.9 Å². The molecule has 0 bridgehead atoms. The van der Waals surface area contributed by atoms with E-state index >= 15 is 0 Å². The standard InChI is InChI=1S/C20H22F2N4O/c1-11-5-6-13(20-25-8-7-12(10-27)26-20)19(24)14(11)9-17(23)18-15(21)3-2-4-16(18)22/h3,7-11,13H,2,4-6,23-24H2,1H3/b17-9-/t11-,13?/m0/s1. The number of allylic oxidation sites excluding steroid dienone is 6. The second-order valence-corrected chi connectivity index (χ2v) is 6.87. The number of aldehydes is 1. The van der Waals surface area contributed by atoms with Gasteiger partial charge in [-0.25, -0.2) is 18.7 Å². The van der Waals surface area contributed by atoms with Crippen molar-refractivity contribution in [2.45, 2.75) is 38.5 Å². The molecule has 1 aromatic rings. The predicted octanol–water partition coefficient (Wildman–Crippen LogP) is 3.73. The molecule has 2 aliphatic rings. The summed E-state index contributed by atoms with van der Waals surface area (Å²) in [5, 5.41) is 0. The molecule has 0 fully saturated rings. The van der Waals surface area contributed by atoms with Gasteiger partial charge >= 0.3 is 0 Å². The first-order chi connectivity index (χ1) is 12.9. The van der Waals surface area contributed by atoms with Crippen LogP contribution in [0.3, 0.4) is 0 Å². The van der Waals surface area contributed by atoms with Gasteiger partial charge in [0, 0.05) is 24.0 Å². The molecule has 2 aliphatic carbocycles. The Morgan fingerprint density at radius 1 is 1.33 bits per heavy atom. The number of nitrogens with two attached hydrogens (primary N) is 2. The van der Waals surface area contributed by atoms with Crippen LogP contribution < -0.4 is 11.5 Å². The largest absolute Gasteiger partial charge is 0.401 e. The second kappa shape index (κ2) is 7.82. The van der Waals surface area contributed by atoms with Gasteiger partial charge in [-0.3, -0.25) is 4.79 Å². The highest BCUT2D eigenvalue weighted by Crippen LogP contribution is 2.39. The van der Waals surface area contributed by atoms with E-state index in [0.29, 0.717) is 24.2 Å². The van der Waals surface area contributed by atoms with E-state index in [9.17, 15) is 13.6 Å². The number of carbonyl (C=O) groups excluding carboxylic acids is 1. The molecular formula is C20H22F2N4O. The summed E-state index contributed by atoms with van der Waals surface area (Å²) in [4.78, 5) is 19.5. The van der Waals surface area contributed by atoms with Crippen LogP contribution in [0.4, 0.5) is 8.78 Å². The third kappa shape index (κ3) is 3.82. The van der Waals surface area contributed by atoms with Crippen molar-refractivity contribution in [1.82, 2.24) is 9.97 Å². The summed E-state index contributed by atoms with van der Waals surface area (Å²) in [5.74, 6) is -0.930. The average molecular weight is 372 g/mol. The molecule has 3 rings (SSSR count). The first-order valence-electron chi connectivity index (χ1n) is 8.92. The molecule has 1 heterocycles. The van der Waals surface area contributed by atoms with Crippen LogP contribution in [0.5, 0.6) is 0 Å². The Balaban J connectivity index is 2.01. The summed E-state index contributed by atoms with van der Waals surface area (Å²) in [6, 6.07) is 1.52. The number of rotatable bonds is 4. The maximum atomic E-state index is 14.1. The highest BCUT2D eigenvalue weighted by Gasteiger charge is 2.29. The van der Waals surface area contributed by atoms with Crippen LogP contribution in [0.2, 0.25) is 0 Å². The summed E-state index contributed by atoms with van der Waals surface area (Å²) in [5.41, 5.74) is 13.8. The fourth-order valence-corrected chi connectivity index (χ4v) is 3.55. The second-order valence-electron chi connectivity index (χ2n) is 6.87. The maximum Gasteiger partial charge on any atom is 0.168 e. The summed E-state index contributed by atoms with van der Waals surface area (Å²) < 4.78 is 28.2. The maximum absolute atomic E-state index is 14.1. The van der Waals surface area contributed by atoms with E-state index in [2.05, 4.69) is 9.97 Å². The molecule has 1 unspecified atom stereocenters. The summed E-state index contributed by atoms with van der Waals surface area (Å²) in [6.45, 7) is 1.99. The van der Waals surface area contributed by atoms with Crippen molar-refractivity contribution < 1.29 is 13.6 Å². The summed E-state index contributed by atoms with van der Waals surface area (Å²) in [6.07, 6.45) is 7.04. The Morgan fingerprint density at radius 2 is 2.11 bits per heavy atom. The third-order valence-electron chi connectivity index (χ3n) is 5.05. The lowest BCUT2D eigenvalue weighted by Gasteiger charge is -2.29. The van der Waals surface area contributed by atoms with Crippen molar-refractivity contribution in [3.05, 3.63) is 70.1 Å².